The molecule has 36 heavy (non-hydrogen) atoms. The normalized spacial score (nSPS) is 21.6. The summed E-state index contributed by atoms with van der Waals surface area (Å²) in [6.45, 7) is 7.94. The first-order chi connectivity index (χ1) is 17.2. The summed E-state index contributed by atoms with van der Waals surface area (Å²) in [6, 6.07) is 16.7. The minimum atomic E-state index is -1.23. The summed E-state index contributed by atoms with van der Waals surface area (Å²) in [4.78, 5) is 21.4. The van der Waals surface area contributed by atoms with Crippen molar-refractivity contribution in [1.82, 2.24) is 14.3 Å². The molecule has 1 aromatic heterocycles. The lowest BCUT2D eigenvalue weighted by molar-refractivity contribution is -0.116. The Bertz CT molecular complexity index is 1250. The summed E-state index contributed by atoms with van der Waals surface area (Å²) in [5, 5.41) is 0. The van der Waals surface area contributed by atoms with E-state index in [1.165, 1.54) is 23.0 Å². The second-order valence-corrected chi connectivity index (χ2v) is 12.5. The fraction of sp³-hybridized carbons (Fsp3) is 0.367. The molecule has 0 radical (unpaired) electrons. The van der Waals surface area contributed by atoms with E-state index >= 15 is 0 Å². The van der Waals surface area contributed by atoms with Crippen LogP contribution in [0.5, 0.6) is 0 Å². The first-order valence-electron chi connectivity index (χ1n) is 12.6. The largest absolute Gasteiger partial charge is 0.593 e. The summed E-state index contributed by atoms with van der Waals surface area (Å²) in [5.41, 5.74) is 5.63. The minimum absolute atomic E-state index is 0.0621. The summed E-state index contributed by atoms with van der Waals surface area (Å²) in [6.07, 6.45) is 9.98. The quantitative estimate of drug-likeness (QED) is 0.422. The summed E-state index contributed by atoms with van der Waals surface area (Å²) in [5.74, 6) is 0.215. The number of rotatable bonds is 5. The number of ketones is 1. The molecule has 0 saturated carbocycles. The van der Waals surface area contributed by atoms with Crippen molar-refractivity contribution in [2.75, 3.05) is 13.1 Å². The Kier molecular flexibility index (Phi) is 6.86. The van der Waals surface area contributed by atoms with E-state index in [2.05, 4.69) is 71.4 Å². The zero-order valence-electron chi connectivity index (χ0n) is 21.2. The third kappa shape index (κ3) is 5.17. The van der Waals surface area contributed by atoms with E-state index in [9.17, 15) is 9.35 Å². The van der Waals surface area contributed by atoms with E-state index < -0.39 is 11.4 Å². The Labute approximate surface area is 217 Å². The number of fused-ring (bicyclic) bond motifs is 1. The van der Waals surface area contributed by atoms with Gasteiger partial charge in [-0.15, -0.1) is 4.31 Å². The minimum Gasteiger partial charge on any atom is -0.593 e. The molecule has 186 valence electrons. The van der Waals surface area contributed by atoms with Crippen molar-refractivity contribution in [2.24, 2.45) is 5.41 Å². The zero-order valence-corrected chi connectivity index (χ0v) is 22.1. The molecule has 6 heteroatoms. The van der Waals surface area contributed by atoms with Gasteiger partial charge in [-0.2, -0.15) is 0 Å². The van der Waals surface area contributed by atoms with Crippen molar-refractivity contribution in [1.29, 1.82) is 0 Å². The van der Waals surface area contributed by atoms with Gasteiger partial charge in [-0.05, 0) is 59.6 Å². The molecule has 5 rings (SSSR count). The molecular weight excluding hydrogens is 466 g/mol. The Morgan fingerprint density at radius 2 is 1.67 bits per heavy atom. The second kappa shape index (κ2) is 9.92. The molecule has 3 aromatic rings. The van der Waals surface area contributed by atoms with E-state index in [1.54, 1.807) is 0 Å². The second-order valence-electron chi connectivity index (χ2n) is 11.1. The molecule has 1 aliphatic carbocycles. The Morgan fingerprint density at radius 3 is 2.33 bits per heavy atom. The van der Waals surface area contributed by atoms with E-state index in [1.807, 2.05) is 30.6 Å². The van der Waals surface area contributed by atoms with Gasteiger partial charge in [-0.1, -0.05) is 62.7 Å². The lowest BCUT2D eigenvalue weighted by Crippen LogP contribution is -2.49. The molecule has 5 nitrogen and oxygen atoms in total. The van der Waals surface area contributed by atoms with Gasteiger partial charge in [-0.3, -0.25) is 4.79 Å². The molecule has 0 N–H and O–H groups in total. The molecule has 1 aliphatic heterocycles. The van der Waals surface area contributed by atoms with Crippen LogP contribution in [0.25, 0.3) is 11.1 Å². The molecule has 0 amide bonds. The summed E-state index contributed by atoms with van der Waals surface area (Å²) < 4.78 is 15.7. The molecule has 2 unspecified atom stereocenters. The lowest BCUT2D eigenvalue weighted by Gasteiger charge is -2.45. The number of benzene rings is 2. The van der Waals surface area contributed by atoms with Gasteiger partial charge in [0.05, 0.1) is 17.9 Å². The van der Waals surface area contributed by atoms with Gasteiger partial charge < -0.3 is 4.55 Å². The molecule has 2 aromatic carbocycles. The SMILES string of the molecule is CC(C)(C)c1ccc([S+]([O-])N2CCC3=CC(=O)CCC3(Cc3ccc(-c4cncnc4)cc3)C2)cc1. The van der Waals surface area contributed by atoms with Gasteiger partial charge in [0.2, 0.25) is 0 Å². The molecule has 1 fully saturated rings. The van der Waals surface area contributed by atoms with Crippen LogP contribution < -0.4 is 0 Å². The Hall–Kier alpha value is -2.80. The van der Waals surface area contributed by atoms with Crippen molar-refractivity contribution >= 4 is 17.1 Å². The summed E-state index contributed by atoms with van der Waals surface area (Å²) in [7, 11) is 0. The highest BCUT2D eigenvalue weighted by molar-refractivity contribution is 7.89. The fourth-order valence-corrected chi connectivity index (χ4v) is 6.68. The number of hydrogen-bond donors (Lipinski definition) is 0. The van der Waals surface area contributed by atoms with Crippen LogP contribution in [0.15, 0.2) is 83.8 Å². The van der Waals surface area contributed by atoms with Crippen molar-refractivity contribution in [2.45, 2.75) is 56.8 Å². The standard InChI is InChI=1S/C30H33N3O2S/c1-29(2,3)25-8-10-28(11-9-25)36(35)33-15-13-26-16-27(34)12-14-30(26,20-33)17-22-4-6-23(7-5-22)24-18-31-21-32-19-24/h4-11,16,18-19,21H,12-15,17,20H2,1-3H3. The topological polar surface area (TPSA) is 69.2 Å². The number of aromatic nitrogens is 2. The molecule has 2 heterocycles. The third-order valence-corrected chi connectivity index (χ3v) is 8.98. The van der Waals surface area contributed by atoms with Crippen LogP contribution in [-0.2, 0) is 28.0 Å². The monoisotopic (exact) mass is 499 g/mol. The maximum atomic E-state index is 13.6. The predicted molar refractivity (Wildman–Crippen MR) is 144 cm³/mol. The van der Waals surface area contributed by atoms with Crippen LogP contribution in [0.4, 0.5) is 0 Å². The van der Waals surface area contributed by atoms with Crippen LogP contribution in [0.2, 0.25) is 0 Å². The van der Waals surface area contributed by atoms with Gasteiger partial charge in [-0.25, -0.2) is 9.97 Å². The Morgan fingerprint density at radius 1 is 0.972 bits per heavy atom. The van der Waals surface area contributed by atoms with E-state index in [0.717, 1.165) is 35.3 Å². The maximum Gasteiger partial charge on any atom is 0.174 e. The first kappa shape index (κ1) is 24.9. The molecule has 0 bridgehead atoms. The van der Waals surface area contributed by atoms with Gasteiger partial charge in [0.1, 0.15) is 6.33 Å². The smallest absolute Gasteiger partial charge is 0.174 e. The third-order valence-electron chi connectivity index (χ3n) is 7.52. The highest BCUT2D eigenvalue weighted by Crippen LogP contribution is 2.46. The average Bonchev–Trinajstić information content (AvgIpc) is 2.89. The van der Waals surface area contributed by atoms with Gasteiger partial charge in [0, 0.05) is 36.3 Å². The predicted octanol–water partition coefficient (Wildman–Crippen LogP) is 5.69. The Balaban J connectivity index is 1.38. The highest BCUT2D eigenvalue weighted by Gasteiger charge is 2.45. The first-order valence-corrected chi connectivity index (χ1v) is 13.7. The van der Waals surface area contributed by atoms with Gasteiger partial charge in [0.15, 0.2) is 10.7 Å². The van der Waals surface area contributed by atoms with Crippen molar-refractivity contribution in [3.8, 4) is 11.1 Å². The average molecular weight is 500 g/mol. The number of carbonyl (C=O) groups is 1. The summed E-state index contributed by atoms with van der Waals surface area (Å²) >= 11 is -1.23. The maximum absolute atomic E-state index is 13.6. The molecule has 0 spiro atoms. The molecular formula is C30H33N3O2S. The van der Waals surface area contributed by atoms with E-state index in [-0.39, 0.29) is 16.6 Å². The molecule has 1 saturated heterocycles. The van der Waals surface area contributed by atoms with E-state index in [4.69, 9.17) is 0 Å². The van der Waals surface area contributed by atoms with Gasteiger partial charge >= 0.3 is 0 Å². The van der Waals surface area contributed by atoms with E-state index in [0.29, 0.717) is 19.5 Å². The molecule has 2 aliphatic rings. The van der Waals surface area contributed by atoms with Crippen molar-refractivity contribution < 1.29 is 9.35 Å². The zero-order chi connectivity index (χ0) is 25.3. The van der Waals surface area contributed by atoms with Crippen LogP contribution in [0.1, 0.15) is 51.2 Å². The van der Waals surface area contributed by atoms with Crippen LogP contribution in [0, 0.1) is 5.41 Å². The van der Waals surface area contributed by atoms with Crippen molar-refractivity contribution in [3.05, 3.63) is 90.0 Å². The van der Waals surface area contributed by atoms with Crippen molar-refractivity contribution in [3.63, 3.8) is 0 Å². The lowest BCUT2D eigenvalue weighted by atomic mass is 9.66. The van der Waals surface area contributed by atoms with Crippen LogP contribution in [-0.4, -0.2) is 37.7 Å². The number of nitrogens with zero attached hydrogens (tertiary/aromatic N) is 3. The highest BCUT2D eigenvalue weighted by atomic mass is 32.2. The number of hydrogen-bond acceptors (Lipinski definition) is 5. The van der Waals surface area contributed by atoms with Crippen LogP contribution >= 0.6 is 0 Å². The fourth-order valence-electron chi connectivity index (χ4n) is 5.40. The number of piperidine rings is 1. The van der Waals surface area contributed by atoms with Gasteiger partial charge in [0.25, 0.3) is 0 Å². The number of carbonyl (C=O) groups excluding carboxylic acids is 1. The van der Waals surface area contributed by atoms with Crippen LogP contribution in [0.3, 0.4) is 0 Å². The molecule has 2 atom stereocenters. The number of allylic oxidation sites excluding steroid dienone is 1.